The minimum absolute atomic E-state index is 0.0483. The molecule has 0 unspecified atom stereocenters. The molecule has 0 aliphatic carbocycles. The summed E-state index contributed by atoms with van der Waals surface area (Å²) in [7, 11) is 0. The van der Waals surface area contributed by atoms with Gasteiger partial charge in [-0.1, -0.05) is 11.3 Å². The van der Waals surface area contributed by atoms with E-state index in [-0.39, 0.29) is 37.1 Å². The highest BCUT2D eigenvalue weighted by atomic mass is 19.1. The quantitative estimate of drug-likeness (QED) is 0.413. The molecule has 32 heavy (non-hydrogen) atoms. The first-order chi connectivity index (χ1) is 15.5. The highest BCUT2D eigenvalue weighted by Crippen LogP contribution is 2.19. The van der Waals surface area contributed by atoms with Crippen LogP contribution in [-0.4, -0.2) is 51.6 Å². The fourth-order valence-electron chi connectivity index (χ4n) is 2.90. The van der Waals surface area contributed by atoms with Crippen LogP contribution in [0.3, 0.4) is 0 Å². The summed E-state index contributed by atoms with van der Waals surface area (Å²) < 4.78 is 20.6. The SMILES string of the molecule is CCNC(=O)c1ccc(-n2nnc(C(=O)NCCCO)c2COc2cccc(F)c2)cc1. The summed E-state index contributed by atoms with van der Waals surface area (Å²) in [4.78, 5) is 24.6. The van der Waals surface area contributed by atoms with Crippen LogP contribution in [-0.2, 0) is 6.61 Å². The molecule has 0 fully saturated rings. The number of rotatable bonds is 10. The third-order valence-electron chi connectivity index (χ3n) is 4.48. The molecule has 1 aromatic heterocycles. The minimum atomic E-state index is -0.471. The van der Waals surface area contributed by atoms with Crippen molar-refractivity contribution in [3.8, 4) is 11.4 Å². The van der Waals surface area contributed by atoms with Gasteiger partial charge < -0.3 is 20.5 Å². The van der Waals surface area contributed by atoms with E-state index in [0.717, 1.165) is 0 Å². The van der Waals surface area contributed by atoms with E-state index in [4.69, 9.17) is 9.84 Å². The number of carbonyl (C=O) groups is 2. The average Bonchev–Trinajstić information content (AvgIpc) is 3.22. The summed E-state index contributed by atoms with van der Waals surface area (Å²) in [6.45, 7) is 2.46. The predicted molar refractivity (Wildman–Crippen MR) is 114 cm³/mol. The van der Waals surface area contributed by atoms with Gasteiger partial charge in [0.2, 0.25) is 0 Å². The lowest BCUT2D eigenvalue weighted by Crippen LogP contribution is -2.27. The molecule has 0 aliphatic rings. The molecule has 0 saturated heterocycles. The average molecular weight is 441 g/mol. The Morgan fingerprint density at radius 2 is 1.91 bits per heavy atom. The van der Waals surface area contributed by atoms with Crippen LogP contribution in [0.2, 0.25) is 0 Å². The lowest BCUT2D eigenvalue weighted by atomic mass is 10.2. The number of amides is 2. The van der Waals surface area contributed by atoms with Crippen molar-refractivity contribution >= 4 is 11.8 Å². The second-order valence-electron chi connectivity index (χ2n) is 6.78. The van der Waals surface area contributed by atoms with Crippen molar-refractivity contribution in [2.24, 2.45) is 0 Å². The number of aromatic nitrogens is 3. The fourth-order valence-corrected chi connectivity index (χ4v) is 2.90. The topological polar surface area (TPSA) is 118 Å². The monoisotopic (exact) mass is 441 g/mol. The van der Waals surface area contributed by atoms with Gasteiger partial charge in [0.15, 0.2) is 5.69 Å². The van der Waals surface area contributed by atoms with E-state index in [2.05, 4.69) is 20.9 Å². The van der Waals surface area contributed by atoms with Gasteiger partial charge in [-0.15, -0.1) is 5.10 Å². The first kappa shape index (κ1) is 22.9. The lowest BCUT2D eigenvalue weighted by molar-refractivity contribution is 0.0939. The van der Waals surface area contributed by atoms with Crippen molar-refractivity contribution in [1.82, 2.24) is 25.6 Å². The van der Waals surface area contributed by atoms with Crippen LogP contribution in [0.1, 0.15) is 39.9 Å². The van der Waals surface area contributed by atoms with E-state index in [9.17, 15) is 14.0 Å². The highest BCUT2D eigenvalue weighted by molar-refractivity contribution is 5.94. The molecule has 1 heterocycles. The van der Waals surface area contributed by atoms with E-state index in [1.54, 1.807) is 30.3 Å². The largest absolute Gasteiger partial charge is 0.487 e. The van der Waals surface area contributed by atoms with Crippen molar-refractivity contribution in [3.05, 3.63) is 71.3 Å². The molecular formula is C22H24FN5O4. The van der Waals surface area contributed by atoms with Gasteiger partial charge in [-0.2, -0.15) is 0 Å². The number of carbonyl (C=O) groups excluding carboxylic acids is 2. The van der Waals surface area contributed by atoms with Gasteiger partial charge in [-0.25, -0.2) is 9.07 Å². The summed E-state index contributed by atoms with van der Waals surface area (Å²) in [5.74, 6) is -0.828. The standard InChI is InChI=1S/C22H24FN5O4/c1-2-24-21(30)15-7-9-17(10-8-15)28-19(14-32-18-6-3-5-16(23)13-18)20(26-27-28)22(31)25-11-4-12-29/h3,5-10,13,29H,2,4,11-12,14H2,1H3,(H,24,30)(H,25,31). The second kappa shape index (κ2) is 11.0. The van der Waals surface area contributed by atoms with Crippen LogP contribution in [0.15, 0.2) is 48.5 Å². The molecule has 0 spiro atoms. The molecule has 3 N–H and O–H groups in total. The maximum Gasteiger partial charge on any atom is 0.273 e. The molecule has 168 valence electrons. The van der Waals surface area contributed by atoms with Gasteiger partial charge >= 0.3 is 0 Å². The van der Waals surface area contributed by atoms with Crippen LogP contribution < -0.4 is 15.4 Å². The summed E-state index contributed by atoms with van der Waals surface area (Å²) in [5, 5.41) is 22.4. The van der Waals surface area contributed by atoms with Crippen molar-refractivity contribution in [1.29, 1.82) is 0 Å². The zero-order chi connectivity index (χ0) is 22.9. The Bertz CT molecular complexity index is 1070. The highest BCUT2D eigenvalue weighted by Gasteiger charge is 2.21. The van der Waals surface area contributed by atoms with Gasteiger partial charge in [-0.3, -0.25) is 9.59 Å². The fraction of sp³-hybridized carbons (Fsp3) is 0.273. The molecule has 0 radical (unpaired) electrons. The zero-order valence-electron chi connectivity index (χ0n) is 17.5. The zero-order valence-corrected chi connectivity index (χ0v) is 17.5. The van der Waals surface area contributed by atoms with E-state index in [0.29, 0.717) is 29.9 Å². The number of hydrogen-bond acceptors (Lipinski definition) is 6. The third-order valence-corrected chi connectivity index (χ3v) is 4.48. The maximum absolute atomic E-state index is 13.5. The number of nitrogens with one attached hydrogen (secondary N) is 2. The smallest absolute Gasteiger partial charge is 0.273 e. The molecule has 0 aliphatic heterocycles. The van der Waals surface area contributed by atoms with Crippen LogP contribution in [0.4, 0.5) is 4.39 Å². The van der Waals surface area contributed by atoms with Gasteiger partial charge in [0, 0.05) is 31.3 Å². The lowest BCUT2D eigenvalue weighted by Gasteiger charge is -2.11. The summed E-state index contributed by atoms with van der Waals surface area (Å²) in [6.07, 6.45) is 0.399. The van der Waals surface area contributed by atoms with E-state index >= 15 is 0 Å². The Labute approximate surface area is 184 Å². The maximum atomic E-state index is 13.5. The normalized spacial score (nSPS) is 10.6. The minimum Gasteiger partial charge on any atom is -0.487 e. The molecule has 10 heteroatoms. The number of hydrogen-bond donors (Lipinski definition) is 3. The second-order valence-corrected chi connectivity index (χ2v) is 6.78. The number of aliphatic hydroxyl groups excluding tert-OH is 1. The number of halogens is 1. The van der Waals surface area contributed by atoms with E-state index in [1.807, 2.05) is 6.92 Å². The molecule has 0 atom stereocenters. The Hall–Kier alpha value is -3.79. The van der Waals surface area contributed by atoms with Crippen LogP contribution in [0.25, 0.3) is 5.69 Å². The third kappa shape index (κ3) is 5.67. The Kier molecular flexibility index (Phi) is 7.87. The number of benzene rings is 2. The first-order valence-electron chi connectivity index (χ1n) is 10.1. The summed E-state index contributed by atoms with van der Waals surface area (Å²) in [5.41, 5.74) is 1.45. The van der Waals surface area contributed by atoms with Crippen LogP contribution in [0.5, 0.6) is 5.75 Å². The Morgan fingerprint density at radius 3 is 2.59 bits per heavy atom. The predicted octanol–water partition coefficient (Wildman–Crippen LogP) is 1.85. The Balaban J connectivity index is 1.89. The van der Waals surface area contributed by atoms with Crippen molar-refractivity contribution in [2.45, 2.75) is 20.0 Å². The molecule has 2 amide bonds. The number of nitrogens with zero attached hydrogens (tertiary/aromatic N) is 3. The van der Waals surface area contributed by atoms with Gasteiger partial charge in [0.05, 0.1) is 5.69 Å². The Morgan fingerprint density at radius 1 is 1.12 bits per heavy atom. The molecule has 0 bridgehead atoms. The van der Waals surface area contributed by atoms with E-state index in [1.165, 1.54) is 22.9 Å². The summed E-state index contributed by atoms with van der Waals surface area (Å²) >= 11 is 0. The number of ether oxygens (including phenoxy) is 1. The molecule has 2 aromatic carbocycles. The molecule has 9 nitrogen and oxygen atoms in total. The molecular weight excluding hydrogens is 417 g/mol. The van der Waals surface area contributed by atoms with Crippen LogP contribution in [0, 0.1) is 5.82 Å². The van der Waals surface area contributed by atoms with Crippen molar-refractivity contribution in [3.63, 3.8) is 0 Å². The first-order valence-corrected chi connectivity index (χ1v) is 10.1. The van der Waals surface area contributed by atoms with E-state index < -0.39 is 11.7 Å². The molecule has 0 saturated carbocycles. The van der Waals surface area contributed by atoms with Crippen molar-refractivity contribution in [2.75, 3.05) is 19.7 Å². The van der Waals surface area contributed by atoms with Gasteiger partial charge in [0.1, 0.15) is 23.9 Å². The van der Waals surface area contributed by atoms with Gasteiger partial charge in [-0.05, 0) is 49.7 Å². The number of aliphatic hydroxyl groups is 1. The summed E-state index contributed by atoms with van der Waals surface area (Å²) in [6, 6.07) is 12.3. The molecule has 3 aromatic rings. The molecule has 3 rings (SSSR count). The van der Waals surface area contributed by atoms with Crippen LogP contribution >= 0.6 is 0 Å². The van der Waals surface area contributed by atoms with Gasteiger partial charge in [0.25, 0.3) is 11.8 Å². The van der Waals surface area contributed by atoms with Crippen molar-refractivity contribution < 1.29 is 23.8 Å².